The molecule has 0 aliphatic heterocycles. The van der Waals surface area contributed by atoms with E-state index in [0.29, 0.717) is 22.6 Å². The lowest BCUT2D eigenvalue weighted by molar-refractivity contribution is 0.0696. The van der Waals surface area contributed by atoms with Gasteiger partial charge < -0.3 is 20.2 Å². The summed E-state index contributed by atoms with van der Waals surface area (Å²) in [6.45, 7) is 2.12. The van der Waals surface area contributed by atoms with Crippen molar-refractivity contribution >= 4 is 34.5 Å². The van der Waals surface area contributed by atoms with Crippen LogP contribution in [0.4, 0.5) is 0 Å². The SMILES string of the molecule is Cc1nc2cc(CNC(=O)c3cc(C(=O)NCc4ccc(C(=O)O)cc4)nc4cnnn34)ccc2o1. The predicted octanol–water partition coefficient (Wildman–Crippen LogP) is 2.13. The fourth-order valence-corrected chi connectivity index (χ4v) is 3.61. The van der Waals surface area contributed by atoms with Gasteiger partial charge in [-0.05, 0) is 35.4 Å². The van der Waals surface area contributed by atoms with E-state index in [-0.39, 0.29) is 35.7 Å². The van der Waals surface area contributed by atoms with Crippen molar-refractivity contribution < 1.29 is 23.9 Å². The maximum atomic E-state index is 13.0. The third-order valence-electron chi connectivity index (χ3n) is 5.40. The van der Waals surface area contributed by atoms with Gasteiger partial charge in [0.05, 0.1) is 11.8 Å². The molecular weight excluding hydrogens is 466 g/mol. The van der Waals surface area contributed by atoms with Crippen LogP contribution < -0.4 is 10.6 Å². The van der Waals surface area contributed by atoms with Crippen LogP contribution in [-0.4, -0.2) is 47.7 Å². The highest BCUT2D eigenvalue weighted by Crippen LogP contribution is 2.17. The van der Waals surface area contributed by atoms with Gasteiger partial charge in [-0.15, -0.1) is 5.10 Å². The first-order valence-electron chi connectivity index (χ1n) is 10.8. The van der Waals surface area contributed by atoms with Gasteiger partial charge in [0, 0.05) is 26.1 Å². The van der Waals surface area contributed by atoms with Gasteiger partial charge in [-0.25, -0.2) is 14.8 Å². The number of nitrogens with one attached hydrogen (secondary N) is 2. The Hall–Kier alpha value is -5.13. The van der Waals surface area contributed by atoms with Crippen molar-refractivity contribution in [2.24, 2.45) is 0 Å². The van der Waals surface area contributed by atoms with Crippen molar-refractivity contribution in [1.29, 1.82) is 0 Å². The second-order valence-corrected chi connectivity index (χ2v) is 7.93. The van der Waals surface area contributed by atoms with Crippen molar-refractivity contribution in [3.05, 3.63) is 88.7 Å². The third kappa shape index (κ3) is 4.59. The number of fused-ring (bicyclic) bond motifs is 2. The molecule has 0 aliphatic rings. The quantitative estimate of drug-likeness (QED) is 0.313. The maximum Gasteiger partial charge on any atom is 0.335 e. The Morgan fingerprint density at radius 3 is 2.44 bits per heavy atom. The van der Waals surface area contributed by atoms with Gasteiger partial charge in [-0.1, -0.05) is 23.4 Å². The van der Waals surface area contributed by atoms with Crippen LogP contribution in [0.1, 0.15) is 48.4 Å². The second kappa shape index (κ2) is 9.25. The number of nitrogens with zero attached hydrogens (tertiary/aromatic N) is 5. The van der Waals surface area contributed by atoms with Crippen LogP contribution in [0.5, 0.6) is 0 Å². The molecule has 0 aliphatic carbocycles. The second-order valence-electron chi connectivity index (χ2n) is 7.93. The minimum atomic E-state index is -1.03. The number of carbonyl (C=O) groups is 3. The van der Waals surface area contributed by atoms with Gasteiger partial charge >= 0.3 is 5.97 Å². The predicted molar refractivity (Wildman–Crippen MR) is 125 cm³/mol. The zero-order valence-electron chi connectivity index (χ0n) is 18.9. The Morgan fingerprint density at radius 2 is 1.67 bits per heavy atom. The Morgan fingerprint density at radius 1 is 0.944 bits per heavy atom. The van der Waals surface area contributed by atoms with E-state index in [1.807, 2.05) is 12.1 Å². The molecule has 0 unspecified atom stereocenters. The average Bonchev–Trinajstić information content (AvgIpc) is 3.50. The number of aromatic carboxylic acids is 1. The Bertz CT molecular complexity index is 1620. The largest absolute Gasteiger partial charge is 0.478 e. The average molecular weight is 485 g/mol. The fraction of sp³-hybridized carbons (Fsp3) is 0.125. The first kappa shape index (κ1) is 22.7. The van der Waals surface area contributed by atoms with E-state index in [4.69, 9.17) is 9.52 Å². The summed E-state index contributed by atoms with van der Waals surface area (Å²) in [5.74, 6) is -1.46. The van der Waals surface area contributed by atoms with E-state index in [1.165, 1.54) is 28.9 Å². The molecule has 0 saturated carbocycles. The van der Waals surface area contributed by atoms with Gasteiger partial charge in [-0.2, -0.15) is 4.52 Å². The molecule has 12 nitrogen and oxygen atoms in total. The molecule has 0 saturated heterocycles. The lowest BCUT2D eigenvalue weighted by atomic mass is 10.1. The molecule has 180 valence electrons. The standard InChI is InChI=1S/C24H19N7O5/c1-13-28-17-8-15(4-7-20(17)36-13)11-26-23(33)19-9-18(29-21-12-27-30-31(19)21)22(32)25-10-14-2-5-16(6-3-14)24(34)35/h2-9,12H,10-11H2,1H3,(H,25,32)(H,26,33)(H,34,35). The summed E-state index contributed by atoms with van der Waals surface area (Å²) in [5, 5.41) is 22.2. The van der Waals surface area contributed by atoms with Crippen molar-refractivity contribution in [2.75, 3.05) is 0 Å². The van der Waals surface area contributed by atoms with Gasteiger partial charge in [0.2, 0.25) is 0 Å². The number of oxazole rings is 1. The summed E-state index contributed by atoms with van der Waals surface area (Å²) in [4.78, 5) is 45.3. The molecule has 0 fully saturated rings. The van der Waals surface area contributed by atoms with E-state index in [0.717, 1.165) is 5.56 Å². The molecule has 3 aromatic heterocycles. The molecule has 2 amide bonds. The number of aromatic nitrogens is 5. The molecule has 12 heteroatoms. The molecule has 0 bridgehead atoms. The minimum Gasteiger partial charge on any atom is -0.478 e. The van der Waals surface area contributed by atoms with Crippen LogP contribution in [0, 0.1) is 6.92 Å². The highest BCUT2D eigenvalue weighted by molar-refractivity contribution is 5.98. The number of hydrogen-bond donors (Lipinski definition) is 3. The van der Waals surface area contributed by atoms with Gasteiger partial charge in [0.15, 0.2) is 17.1 Å². The summed E-state index contributed by atoms with van der Waals surface area (Å²) >= 11 is 0. The highest BCUT2D eigenvalue weighted by atomic mass is 16.4. The van der Waals surface area contributed by atoms with E-state index < -0.39 is 17.8 Å². The van der Waals surface area contributed by atoms with Crippen LogP contribution in [0.15, 0.2) is 59.1 Å². The molecule has 0 atom stereocenters. The number of hydrogen-bond acceptors (Lipinski definition) is 8. The number of benzene rings is 2. The van der Waals surface area contributed by atoms with Gasteiger partial charge in [-0.3, -0.25) is 9.59 Å². The molecule has 0 radical (unpaired) electrons. The van der Waals surface area contributed by atoms with Crippen molar-refractivity contribution in [3.8, 4) is 0 Å². The molecule has 3 N–H and O–H groups in total. The van der Waals surface area contributed by atoms with Crippen LogP contribution in [0.3, 0.4) is 0 Å². The summed E-state index contributed by atoms with van der Waals surface area (Å²) in [5.41, 5.74) is 3.36. The van der Waals surface area contributed by atoms with E-state index in [9.17, 15) is 14.4 Å². The molecular formula is C24H19N7O5. The van der Waals surface area contributed by atoms with Crippen LogP contribution >= 0.6 is 0 Å². The molecule has 5 aromatic rings. The number of carboxylic acid groups (broad SMARTS) is 1. The summed E-state index contributed by atoms with van der Waals surface area (Å²) in [6, 6.07) is 12.9. The Kier molecular flexibility index (Phi) is 5.82. The lowest BCUT2D eigenvalue weighted by Gasteiger charge is -2.09. The van der Waals surface area contributed by atoms with Crippen molar-refractivity contribution in [2.45, 2.75) is 20.0 Å². The summed E-state index contributed by atoms with van der Waals surface area (Å²) < 4.78 is 6.72. The van der Waals surface area contributed by atoms with Crippen LogP contribution in [-0.2, 0) is 13.1 Å². The monoisotopic (exact) mass is 485 g/mol. The zero-order valence-corrected chi connectivity index (χ0v) is 18.9. The molecule has 2 aromatic carbocycles. The third-order valence-corrected chi connectivity index (χ3v) is 5.40. The van der Waals surface area contributed by atoms with E-state index in [1.54, 1.807) is 25.1 Å². The number of amides is 2. The number of rotatable bonds is 7. The molecule has 3 heterocycles. The van der Waals surface area contributed by atoms with Crippen molar-refractivity contribution in [3.63, 3.8) is 0 Å². The number of carbonyl (C=O) groups excluding carboxylic acids is 2. The van der Waals surface area contributed by atoms with Gasteiger partial charge in [0.1, 0.15) is 16.9 Å². The lowest BCUT2D eigenvalue weighted by Crippen LogP contribution is -2.28. The molecule has 36 heavy (non-hydrogen) atoms. The molecule has 0 spiro atoms. The first-order chi connectivity index (χ1) is 17.4. The maximum absolute atomic E-state index is 13.0. The fourth-order valence-electron chi connectivity index (χ4n) is 3.61. The minimum absolute atomic E-state index is 0.0107. The Labute approximate surface area is 203 Å². The van der Waals surface area contributed by atoms with E-state index >= 15 is 0 Å². The highest BCUT2D eigenvalue weighted by Gasteiger charge is 2.18. The zero-order chi connectivity index (χ0) is 25.2. The van der Waals surface area contributed by atoms with Crippen LogP contribution in [0.2, 0.25) is 0 Å². The smallest absolute Gasteiger partial charge is 0.335 e. The summed E-state index contributed by atoms with van der Waals surface area (Å²) in [6.07, 6.45) is 1.35. The number of aryl methyl sites for hydroxylation is 1. The van der Waals surface area contributed by atoms with Crippen molar-refractivity contribution in [1.82, 2.24) is 35.4 Å². The van der Waals surface area contributed by atoms with Gasteiger partial charge in [0.25, 0.3) is 11.8 Å². The Balaban J connectivity index is 1.31. The normalized spacial score (nSPS) is 11.0. The van der Waals surface area contributed by atoms with Crippen LogP contribution in [0.25, 0.3) is 16.7 Å². The summed E-state index contributed by atoms with van der Waals surface area (Å²) in [7, 11) is 0. The topological polar surface area (TPSA) is 165 Å². The number of carboxylic acids is 1. The molecule has 5 rings (SSSR count). The first-order valence-corrected chi connectivity index (χ1v) is 10.8. The van der Waals surface area contributed by atoms with E-state index in [2.05, 4.69) is 30.9 Å².